The van der Waals surface area contributed by atoms with Crippen LogP contribution in [0.1, 0.15) is 0 Å². The first-order valence-electron chi connectivity index (χ1n) is 18.9. The molecule has 0 radical (unpaired) electrons. The minimum absolute atomic E-state index is 0.647. The molecule has 0 N–H and O–H groups in total. The van der Waals surface area contributed by atoms with E-state index < -0.39 is 0 Å². The number of fused-ring (bicyclic) bond motifs is 11. The van der Waals surface area contributed by atoms with Gasteiger partial charge >= 0.3 is 0 Å². The van der Waals surface area contributed by atoms with Crippen LogP contribution in [0.25, 0.3) is 114 Å². The number of aromatic nitrogens is 4. The van der Waals surface area contributed by atoms with Gasteiger partial charge in [0.15, 0.2) is 17.5 Å². The summed E-state index contributed by atoms with van der Waals surface area (Å²) in [4.78, 5) is 15.7. The summed E-state index contributed by atoms with van der Waals surface area (Å²) >= 11 is 1.79. The molecular weight excluding hydrogens is 701 g/mol. The molecular formula is C51H30N4S. The second-order valence-corrected chi connectivity index (χ2v) is 15.4. The molecule has 0 unspecified atom stereocenters. The molecule has 0 atom stereocenters. The van der Waals surface area contributed by atoms with E-state index in [1.165, 1.54) is 53.2 Å². The quantitative estimate of drug-likeness (QED) is 0.169. The Morgan fingerprint density at radius 3 is 1.91 bits per heavy atom. The number of para-hydroxylation sites is 1. The highest BCUT2D eigenvalue weighted by Gasteiger charge is 2.21. The number of rotatable bonds is 4. The first kappa shape index (κ1) is 31.2. The molecule has 3 aromatic heterocycles. The van der Waals surface area contributed by atoms with Crippen molar-refractivity contribution < 1.29 is 0 Å². The Kier molecular flexibility index (Phi) is 6.76. The molecule has 0 aliphatic carbocycles. The van der Waals surface area contributed by atoms with Crippen LogP contribution in [-0.2, 0) is 0 Å². The molecule has 12 aromatic rings. The molecule has 0 bridgehead atoms. The van der Waals surface area contributed by atoms with Crippen molar-refractivity contribution >= 4 is 85.6 Å². The van der Waals surface area contributed by atoms with Crippen LogP contribution in [0.2, 0.25) is 0 Å². The van der Waals surface area contributed by atoms with Crippen LogP contribution in [-0.4, -0.2) is 19.5 Å². The monoisotopic (exact) mass is 730 g/mol. The second kappa shape index (κ2) is 12.2. The van der Waals surface area contributed by atoms with Gasteiger partial charge < -0.3 is 4.57 Å². The Balaban J connectivity index is 1.17. The molecule has 0 spiro atoms. The number of hydrogen-bond acceptors (Lipinski definition) is 4. The number of benzene rings is 9. The van der Waals surface area contributed by atoms with Crippen LogP contribution < -0.4 is 0 Å². The Hall–Kier alpha value is -7.21. The average Bonchev–Trinajstić information content (AvgIpc) is 3.82. The fourth-order valence-electron chi connectivity index (χ4n) is 8.61. The van der Waals surface area contributed by atoms with Crippen LogP contribution in [0.5, 0.6) is 0 Å². The van der Waals surface area contributed by atoms with Gasteiger partial charge in [0.05, 0.1) is 11.0 Å². The van der Waals surface area contributed by atoms with E-state index in [0.29, 0.717) is 17.5 Å². The molecule has 56 heavy (non-hydrogen) atoms. The van der Waals surface area contributed by atoms with Gasteiger partial charge in [0.1, 0.15) is 0 Å². The van der Waals surface area contributed by atoms with E-state index in [4.69, 9.17) is 15.0 Å². The topological polar surface area (TPSA) is 43.6 Å². The van der Waals surface area contributed by atoms with Crippen molar-refractivity contribution in [2.75, 3.05) is 0 Å². The Bertz CT molecular complexity index is 3540. The average molecular weight is 731 g/mol. The molecule has 0 saturated heterocycles. The van der Waals surface area contributed by atoms with E-state index in [-0.39, 0.29) is 0 Å². The Morgan fingerprint density at radius 1 is 0.375 bits per heavy atom. The van der Waals surface area contributed by atoms with Crippen molar-refractivity contribution in [3.8, 4) is 39.9 Å². The third-order valence-corrected chi connectivity index (χ3v) is 12.4. The first-order valence-corrected chi connectivity index (χ1v) is 19.7. The molecule has 0 saturated carbocycles. The third kappa shape index (κ3) is 4.75. The summed E-state index contributed by atoms with van der Waals surface area (Å²) in [7, 11) is 0. The maximum absolute atomic E-state index is 5.32. The van der Waals surface area contributed by atoms with Gasteiger partial charge in [-0.15, -0.1) is 11.3 Å². The summed E-state index contributed by atoms with van der Waals surface area (Å²) in [5, 5.41) is 12.2. The number of hydrogen-bond donors (Lipinski definition) is 0. The van der Waals surface area contributed by atoms with Crippen LogP contribution in [0, 0.1) is 0 Å². The van der Waals surface area contributed by atoms with Crippen molar-refractivity contribution in [3.63, 3.8) is 0 Å². The third-order valence-electron chi connectivity index (χ3n) is 11.2. The highest BCUT2D eigenvalue weighted by molar-refractivity contribution is 7.26. The van der Waals surface area contributed by atoms with Gasteiger partial charge in [-0.3, -0.25) is 0 Å². The lowest BCUT2D eigenvalue weighted by Crippen LogP contribution is -2.01. The normalized spacial score (nSPS) is 11.9. The maximum atomic E-state index is 5.32. The molecule has 0 aliphatic rings. The van der Waals surface area contributed by atoms with Gasteiger partial charge in [0, 0.05) is 53.3 Å². The van der Waals surface area contributed by atoms with E-state index in [0.717, 1.165) is 43.5 Å². The zero-order valence-corrected chi connectivity index (χ0v) is 30.8. The molecule has 3 heterocycles. The summed E-state index contributed by atoms with van der Waals surface area (Å²) < 4.78 is 4.81. The summed E-state index contributed by atoms with van der Waals surface area (Å²) in [6, 6.07) is 65.1. The van der Waals surface area contributed by atoms with Crippen molar-refractivity contribution in [2.24, 2.45) is 0 Å². The van der Waals surface area contributed by atoms with Gasteiger partial charge in [-0.05, 0) is 68.7 Å². The van der Waals surface area contributed by atoms with Gasteiger partial charge in [-0.25, -0.2) is 15.0 Å². The molecule has 5 heteroatoms. The molecule has 260 valence electrons. The molecule has 0 fully saturated rings. The van der Waals surface area contributed by atoms with Crippen LogP contribution in [0.3, 0.4) is 0 Å². The highest BCUT2D eigenvalue weighted by atomic mass is 32.1. The van der Waals surface area contributed by atoms with Crippen LogP contribution in [0.4, 0.5) is 0 Å². The molecule has 12 rings (SSSR count). The lowest BCUT2D eigenvalue weighted by molar-refractivity contribution is 1.08. The smallest absolute Gasteiger partial charge is 0.165 e. The minimum atomic E-state index is 0.647. The second-order valence-electron chi connectivity index (χ2n) is 14.4. The first-order chi connectivity index (χ1) is 27.7. The standard InChI is InChI=1S/C51H30N4S/c1-2-14-33(15-3-1)49-52-50(35-23-22-31-12-4-5-16-34(31)28-35)54-51(53-49)43-30-36(29-42-39-18-9-11-21-46(39)56-48(42)43)55-44-20-10-8-19-41(44)47-40-25-24-32-13-6-7-17-37(32)38(40)26-27-45(47)55/h1-30H. The van der Waals surface area contributed by atoms with Crippen molar-refractivity contribution in [3.05, 3.63) is 182 Å². The van der Waals surface area contributed by atoms with E-state index in [9.17, 15) is 0 Å². The molecule has 9 aromatic carbocycles. The fraction of sp³-hybridized carbons (Fsp3) is 0. The van der Waals surface area contributed by atoms with Gasteiger partial charge in [-0.1, -0.05) is 146 Å². The van der Waals surface area contributed by atoms with E-state index >= 15 is 0 Å². The fourth-order valence-corrected chi connectivity index (χ4v) is 9.80. The molecule has 4 nitrogen and oxygen atoms in total. The van der Waals surface area contributed by atoms with Crippen molar-refractivity contribution in [2.45, 2.75) is 0 Å². The Labute approximate surface area is 325 Å². The molecule has 0 aliphatic heterocycles. The van der Waals surface area contributed by atoms with E-state index in [1.807, 2.05) is 18.2 Å². The van der Waals surface area contributed by atoms with Gasteiger partial charge in [-0.2, -0.15) is 0 Å². The number of thiophene rings is 1. The zero-order chi connectivity index (χ0) is 36.7. The van der Waals surface area contributed by atoms with Crippen molar-refractivity contribution in [1.82, 2.24) is 19.5 Å². The maximum Gasteiger partial charge on any atom is 0.165 e. The predicted molar refractivity (Wildman–Crippen MR) is 236 cm³/mol. The minimum Gasteiger partial charge on any atom is -0.309 e. The zero-order valence-electron chi connectivity index (χ0n) is 30.0. The van der Waals surface area contributed by atoms with Gasteiger partial charge in [0.25, 0.3) is 0 Å². The summed E-state index contributed by atoms with van der Waals surface area (Å²) in [6.45, 7) is 0. The Morgan fingerprint density at radius 2 is 1.04 bits per heavy atom. The molecule has 0 amide bonds. The summed E-state index contributed by atoms with van der Waals surface area (Å²) in [5.41, 5.74) is 6.27. The van der Waals surface area contributed by atoms with Crippen LogP contribution in [0.15, 0.2) is 182 Å². The predicted octanol–water partition coefficient (Wildman–Crippen LogP) is 13.8. The largest absolute Gasteiger partial charge is 0.309 e. The van der Waals surface area contributed by atoms with E-state index in [1.54, 1.807) is 11.3 Å². The lowest BCUT2D eigenvalue weighted by atomic mass is 9.98. The summed E-state index contributed by atoms with van der Waals surface area (Å²) in [5.74, 6) is 1.95. The lowest BCUT2D eigenvalue weighted by Gasteiger charge is -2.13. The van der Waals surface area contributed by atoms with Crippen LogP contribution >= 0.6 is 11.3 Å². The summed E-state index contributed by atoms with van der Waals surface area (Å²) in [6.07, 6.45) is 0. The van der Waals surface area contributed by atoms with E-state index in [2.05, 4.69) is 168 Å². The number of nitrogens with zero attached hydrogens (tertiary/aromatic N) is 4. The van der Waals surface area contributed by atoms with Crippen molar-refractivity contribution in [1.29, 1.82) is 0 Å². The SMILES string of the molecule is c1ccc(-c2nc(-c3ccc4ccccc4c3)nc(-c3cc(-n4c5ccccc5c5c6ccc7ccccc7c6ccc54)cc4c3sc3ccccc34)n2)cc1. The van der Waals surface area contributed by atoms with Gasteiger partial charge in [0.2, 0.25) is 0 Å². The highest BCUT2D eigenvalue weighted by Crippen LogP contribution is 2.44.